The van der Waals surface area contributed by atoms with Gasteiger partial charge in [-0.05, 0) is 75.5 Å². The number of carboxylic acids is 1. The van der Waals surface area contributed by atoms with E-state index < -0.39 is 5.97 Å². The van der Waals surface area contributed by atoms with Gasteiger partial charge in [-0.1, -0.05) is 13.3 Å². The number of rotatable bonds is 1. The van der Waals surface area contributed by atoms with Gasteiger partial charge in [0.15, 0.2) is 0 Å². The van der Waals surface area contributed by atoms with Gasteiger partial charge in [-0.15, -0.1) is 0 Å². The van der Waals surface area contributed by atoms with Crippen molar-refractivity contribution in [1.82, 2.24) is 4.90 Å². The highest BCUT2D eigenvalue weighted by atomic mass is 16.4. The molecule has 1 unspecified atom stereocenters. The van der Waals surface area contributed by atoms with E-state index in [4.69, 9.17) is 15.6 Å². The first-order chi connectivity index (χ1) is 11.4. The van der Waals surface area contributed by atoms with Crippen molar-refractivity contribution in [3.63, 3.8) is 0 Å². The summed E-state index contributed by atoms with van der Waals surface area (Å²) >= 11 is 0. The molecular weight excluding hydrogens is 300 g/mol. The summed E-state index contributed by atoms with van der Waals surface area (Å²) in [6.07, 6.45) is 14.4. The highest BCUT2D eigenvalue weighted by molar-refractivity contribution is 5.62. The van der Waals surface area contributed by atoms with E-state index in [-0.39, 0.29) is 0 Å². The third-order valence-electron chi connectivity index (χ3n) is 6.84. The number of hydrogen-bond acceptors (Lipinski definition) is 3. The number of aliphatic carboxylic acids is 1. The van der Waals surface area contributed by atoms with Crippen LogP contribution in [-0.2, 0) is 4.79 Å². The molecule has 7 atom stereocenters. The molecule has 0 amide bonds. The van der Waals surface area contributed by atoms with Crippen LogP contribution in [0, 0.1) is 17.8 Å². The lowest BCUT2D eigenvalue weighted by atomic mass is 9.65. The molecule has 138 valence electrons. The molecule has 0 aromatic heterocycles. The predicted molar refractivity (Wildman–Crippen MR) is 96.8 cm³/mol. The molecule has 4 heteroatoms. The highest BCUT2D eigenvalue weighted by Crippen LogP contribution is 2.47. The molecule has 3 N–H and O–H groups in total. The van der Waals surface area contributed by atoms with Crippen LogP contribution in [-0.4, -0.2) is 40.1 Å². The van der Waals surface area contributed by atoms with Crippen LogP contribution < -0.4 is 5.73 Å². The minimum Gasteiger partial charge on any atom is -0.481 e. The molecule has 24 heavy (non-hydrogen) atoms. The van der Waals surface area contributed by atoms with Crippen molar-refractivity contribution in [3.05, 3.63) is 0 Å². The smallest absolute Gasteiger partial charge is 0.300 e. The van der Waals surface area contributed by atoms with Crippen LogP contribution in [0.1, 0.15) is 78.1 Å². The van der Waals surface area contributed by atoms with Gasteiger partial charge in [-0.2, -0.15) is 0 Å². The zero-order chi connectivity index (χ0) is 17.3. The van der Waals surface area contributed by atoms with E-state index in [0.717, 1.165) is 42.8 Å². The highest BCUT2D eigenvalue weighted by Gasteiger charge is 2.44. The Morgan fingerprint density at radius 1 is 0.917 bits per heavy atom. The summed E-state index contributed by atoms with van der Waals surface area (Å²) in [6.45, 7) is 3.56. The topological polar surface area (TPSA) is 66.6 Å². The van der Waals surface area contributed by atoms with E-state index >= 15 is 0 Å². The number of nitrogens with zero attached hydrogens (tertiary/aromatic N) is 1. The van der Waals surface area contributed by atoms with E-state index in [9.17, 15) is 0 Å². The minimum absolute atomic E-state index is 0.490. The molecule has 4 bridgehead atoms. The van der Waals surface area contributed by atoms with Crippen LogP contribution in [0.2, 0.25) is 0 Å². The van der Waals surface area contributed by atoms with Crippen molar-refractivity contribution in [2.75, 3.05) is 0 Å². The Hall–Kier alpha value is -0.610. The first-order valence-corrected chi connectivity index (χ1v) is 10.1. The Bertz CT molecular complexity index is 405. The molecule has 4 aliphatic rings. The lowest BCUT2D eigenvalue weighted by molar-refractivity contribution is -0.134. The van der Waals surface area contributed by atoms with Crippen molar-refractivity contribution < 1.29 is 9.90 Å². The molecule has 0 spiro atoms. The molecule has 0 radical (unpaired) electrons. The van der Waals surface area contributed by atoms with E-state index in [0.29, 0.717) is 6.04 Å². The predicted octanol–water partition coefficient (Wildman–Crippen LogP) is 3.64. The maximum absolute atomic E-state index is 9.00. The molecule has 2 aliphatic carbocycles. The molecule has 2 saturated carbocycles. The van der Waals surface area contributed by atoms with Crippen LogP contribution >= 0.6 is 0 Å². The van der Waals surface area contributed by atoms with Crippen molar-refractivity contribution in [3.8, 4) is 0 Å². The Morgan fingerprint density at radius 3 is 1.92 bits per heavy atom. The molecule has 0 aromatic carbocycles. The zero-order valence-corrected chi connectivity index (χ0v) is 15.5. The number of piperidine rings is 2. The first-order valence-electron chi connectivity index (χ1n) is 10.1. The van der Waals surface area contributed by atoms with E-state index in [1.165, 1.54) is 57.8 Å². The van der Waals surface area contributed by atoms with E-state index in [1.807, 2.05) is 0 Å². The second-order valence-electron chi connectivity index (χ2n) is 9.11. The third-order valence-corrected chi connectivity index (χ3v) is 6.84. The Morgan fingerprint density at radius 2 is 1.42 bits per heavy atom. The monoisotopic (exact) mass is 336 g/mol. The summed E-state index contributed by atoms with van der Waals surface area (Å²) in [5.74, 6) is 2.24. The molecule has 2 aliphatic heterocycles. The fourth-order valence-electron chi connectivity index (χ4n) is 6.45. The summed E-state index contributed by atoms with van der Waals surface area (Å²) in [6, 6.07) is 3.07. The number of hydrogen-bond donors (Lipinski definition) is 2. The number of carboxylic acid groups (broad SMARTS) is 1. The fourth-order valence-corrected chi connectivity index (χ4v) is 6.45. The molecule has 0 aromatic rings. The van der Waals surface area contributed by atoms with Crippen LogP contribution in [0.3, 0.4) is 0 Å². The van der Waals surface area contributed by atoms with Crippen LogP contribution in [0.25, 0.3) is 0 Å². The van der Waals surface area contributed by atoms with Gasteiger partial charge in [0.2, 0.25) is 0 Å². The fraction of sp³-hybridized carbons (Fsp3) is 0.950. The summed E-state index contributed by atoms with van der Waals surface area (Å²) in [4.78, 5) is 12.0. The van der Waals surface area contributed by atoms with E-state index in [2.05, 4.69) is 11.8 Å². The van der Waals surface area contributed by atoms with E-state index in [1.54, 1.807) is 6.42 Å². The molecular formula is C20H36N2O2. The van der Waals surface area contributed by atoms with Crippen molar-refractivity contribution in [2.45, 2.75) is 102 Å². The quantitative estimate of drug-likeness (QED) is 0.767. The van der Waals surface area contributed by atoms with Gasteiger partial charge in [-0.3, -0.25) is 9.69 Å². The molecule has 4 nitrogen and oxygen atoms in total. The average Bonchev–Trinajstić information content (AvgIpc) is 2.44. The van der Waals surface area contributed by atoms with Crippen molar-refractivity contribution >= 4 is 5.97 Å². The maximum Gasteiger partial charge on any atom is 0.300 e. The average molecular weight is 337 g/mol. The van der Waals surface area contributed by atoms with Crippen LogP contribution in [0.4, 0.5) is 0 Å². The van der Waals surface area contributed by atoms with Gasteiger partial charge in [-0.25, -0.2) is 0 Å². The van der Waals surface area contributed by atoms with Crippen LogP contribution in [0.5, 0.6) is 0 Å². The van der Waals surface area contributed by atoms with Gasteiger partial charge in [0.05, 0.1) is 0 Å². The lowest BCUT2D eigenvalue weighted by Crippen LogP contribution is -2.60. The largest absolute Gasteiger partial charge is 0.481 e. The SMILES string of the molecule is CC(=O)O.C[C@@H]1C[C@@H]2C[C@H](C1)C[C@@H](N1C3CCC[C@@H]1C[C@H](N)C3)C2. The van der Waals surface area contributed by atoms with Crippen LogP contribution in [0.15, 0.2) is 0 Å². The summed E-state index contributed by atoms with van der Waals surface area (Å²) in [5.41, 5.74) is 6.30. The summed E-state index contributed by atoms with van der Waals surface area (Å²) < 4.78 is 0. The number of carbonyl (C=O) groups is 1. The first kappa shape index (κ1) is 18.2. The summed E-state index contributed by atoms with van der Waals surface area (Å²) in [7, 11) is 0. The van der Waals surface area contributed by atoms with Gasteiger partial charge in [0.25, 0.3) is 5.97 Å². The molecule has 4 fully saturated rings. The summed E-state index contributed by atoms with van der Waals surface area (Å²) in [5, 5.41) is 7.42. The van der Waals surface area contributed by atoms with Gasteiger partial charge < -0.3 is 10.8 Å². The maximum atomic E-state index is 9.00. The Labute approximate surface area is 147 Å². The number of nitrogens with two attached hydrogens (primary N) is 1. The second kappa shape index (κ2) is 7.74. The van der Waals surface area contributed by atoms with Gasteiger partial charge in [0, 0.05) is 31.1 Å². The van der Waals surface area contributed by atoms with Crippen molar-refractivity contribution in [1.29, 1.82) is 0 Å². The van der Waals surface area contributed by atoms with Crippen molar-refractivity contribution in [2.24, 2.45) is 23.5 Å². The third kappa shape index (κ3) is 4.32. The zero-order valence-electron chi connectivity index (χ0n) is 15.5. The molecule has 4 rings (SSSR count). The normalized spacial score (nSPS) is 45.0. The lowest BCUT2D eigenvalue weighted by Gasteiger charge is -2.55. The minimum atomic E-state index is -0.833. The standard InChI is InChI=1S/C18H32N2.C2H4O2/c1-12-5-13-7-14(6-12)9-18(8-13)20-16-3-2-4-17(20)11-15(19)10-16;1-2(3)4/h12-18H,2-11,19H2,1H3;1H3,(H,3,4)/t12-,13-,14+,15-,16+,17?,18+;/m0./s1. The molecule has 2 saturated heterocycles. The van der Waals surface area contributed by atoms with Gasteiger partial charge >= 0.3 is 0 Å². The van der Waals surface area contributed by atoms with Gasteiger partial charge in [0.1, 0.15) is 0 Å². The molecule has 2 heterocycles. The Kier molecular flexibility index (Phi) is 5.86. The second-order valence-corrected chi connectivity index (χ2v) is 9.11. The Balaban J connectivity index is 0.000000383. The number of fused-ring (bicyclic) bond motifs is 4.